The predicted octanol–water partition coefficient (Wildman–Crippen LogP) is 7.04. The average molecular weight is 641 g/mol. The van der Waals surface area contributed by atoms with Gasteiger partial charge in [-0.05, 0) is 134 Å². The molecule has 0 bridgehead atoms. The Morgan fingerprint density at radius 1 is 0.872 bits per heavy atom. The van der Waals surface area contributed by atoms with E-state index in [2.05, 4.69) is 64.2 Å². The van der Waals surface area contributed by atoms with Gasteiger partial charge in [-0.1, -0.05) is 59.6 Å². The zero-order valence-corrected chi connectivity index (χ0v) is 29.7. The van der Waals surface area contributed by atoms with Crippen LogP contribution >= 0.6 is 0 Å². The van der Waals surface area contributed by atoms with Crippen molar-refractivity contribution in [1.82, 2.24) is 4.90 Å². The van der Waals surface area contributed by atoms with Gasteiger partial charge in [0.25, 0.3) is 0 Å². The number of hydrogen-bond acceptors (Lipinski definition) is 5. The van der Waals surface area contributed by atoms with E-state index in [0.717, 1.165) is 75.6 Å². The minimum atomic E-state index is -0.726. The van der Waals surface area contributed by atoms with E-state index in [1.165, 1.54) is 22.3 Å². The normalized spacial score (nSPS) is 34.9. The second-order valence-corrected chi connectivity index (χ2v) is 16.6. The summed E-state index contributed by atoms with van der Waals surface area (Å²) in [5, 5.41) is 2.99. The van der Waals surface area contributed by atoms with Gasteiger partial charge in [-0.2, -0.15) is 0 Å². The zero-order chi connectivity index (χ0) is 34.2. The summed E-state index contributed by atoms with van der Waals surface area (Å²) < 4.78 is 0. The lowest BCUT2D eigenvalue weighted by Crippen LogP contribution is -2.65. The minimum absolute atomic E-state index is 0.00231. The number of anilines is 2. The Morgan fingerprint density at radius 2 is 1.55 bits per heavy atom. The number of amides is 3. The lowest BCUT2D eigenvalue weighted by atomic mass is 9.41. The number of carbonyl (C=O) groups excluding carboxylic acids is 3. The molecular weight excluding hydrogens is 584 g/mol. The molecule has 4 aliphatic carbocycles. The first-order valence-electron chi connectivity index (χ1n) is 18.0. The number of aryl methyl sites for hydroxylation is 2. The molecular formula is C40H56N4O3. The maximum atomic E-state index is 15.2. The van der Waals surface area contributed by atoms with Crippen molar-refractivity contribution in [2.45, 2.75) is 130 Å². The van der Waals surface area contributed by atoms with Crippen LogP contribution in [-0.2, 0) is 38.1 Å². The van der Waals surface area contributed by atoms with Crippen LogP contribution in [0.15, 0.2) is 36.4 Å². The molecule has 0 heterocycles. The van der Waals surface area contributed by atoms with Crippen LogP contribution in [0.25, 0.3) is 0 Å². The Hall–Kier alpha value is -3.19. The first-order chi connectivity index (χ1) is 22.1. The molecule has 0 aromatic heterocycles. The Morgan fingerprint density at radius 3 is 2.26 bits per heavy atom. The summed E-state index contributed by atoms with van der Waals surface area (Å²) in [6, 6.07) is 11.9. The summed E-state index contributed by atoms with van der Waals surface area (Å²) >= 11 is 0. The summed E-state index contributed by atoms with van der Waals surface area (Å²) in [5.74, 6) is -0.0924. The highest BCUT2D eigenvalue weighted by molar-refractivity contribution is 6.01. The molecule has 0 radical (unpaired) electrons. The Labute approximate surface area is 281 Å². The van der Waals surface area contributed by atoms with Gasteiger partial charge in [-0.3, -0.25) is 19.3 Å². The molecule has 5 N–H and O–H groups in total. The summed E-state index contributed by atoms with van der Waals surface area (Å²) in [5.41, 5.74) is 16.6. The number of imide groups is 1. The molecule has 4 aliphatic rings. The van der Waals surface area contributed by atoms with Crippen molar-refractivity contribution in [3.8, 4) is 0 Å². The molecule has 6 rings (SSSR count). The fourth-order valence-electron chi connectivity index (χ4n) is 11.0. The quantitative estimate of drug-likeness (QED) is 0.239. The van der Waals surface area contributed by atoms with Gasteiger partial charge in [-0.25, -0.2) is 0 Å². The van der Waals surface area contributed by atoms with Gasteiger partial charge in [0.1, 0.15) is 0 Å². The SMILES string of the molecule is CCN(C(=O)[C@@]1(C)CCC[C@]2(C)c3cc(N)ccc3CC[C@@H]12)C(=O)[C@@]1(C)CCC[C@]2(C)c3cc(NC(=O)[C@H](C)N)ccc3CC[C@@]12C. The van der Waals surface area contributed by atoms with Crippen molar-refractivity contribution in [3.63, 3.8) is 0 Å². The van der Waals surface area contributed by atoms with Crippen LogP contribution in [0.1, 0.15) is 122 Å². The van der Waals surface area contributed by atoms with E-state index in [1.54, 1.807) is 11.8 Å². The molecule has 0 spiro atoms. The lowest BCUT2D eigenvalue weighted by Gasteiger charge is -2.63. The summed E-state index contributed by atoms with van der Waals surface area (Å²) in [6.45, 7) is 15.2. The van der Waals surface area contributed by atoms with Crippen LogP contribution < -0.4 is 16.8 Å². The molecule has 3 amide bonds. The van der Waals surface area contributed by atoms with Crippen molar-refractivity contribution in [3.05, 3.63) is 58.7 Å². The second-order valence-electron chi connectivity index (χ2n) is 16.6. The Balaban J connectivity index is 1.35. The minimum Gasteiger partial charge on any atom is -0.399 e. The fourth-order valence-corrected chi connectivity index (χ4v) is 11.0. The molecule has 0 aliphatic heterocycles. The van der Waals surface area contributed by atoms with Crippen LogP contribution in [-0.4, -0.2) is 35.2 Å². The highest BCUT2D eigenvalue weighted by atomic mass is 16.2. The number of nitrogens with zero attached hydrogens (tertiary/aromatic N) is 1. The molecule has 2 saturated carbocycles. The van der Waals surface area contributed by atoms with Crippen LogP contribution in [0.2, 0.25) is 0 Å². The molecule has 254 valence electrons. The molecule has 47 heavy (non-hydrogen) atoms. The molecule has 7 nitrogen and oxygen atoms in total. The van der Waals surface area contributed by atoms with Crippen molar-refractivity contribution in [2.75, 3.05) is 17.6 Å². The molecule has 7 heteroatoms. The fraction of sp³-hybridized carbons (Fsp3) is 0.625. The van der Waals surface area contributed by atoms with Crippen LogP contribution in [0.3, 0.4) is 0 Å². The predicted molar refractivity (Wildman–Crippen MR) is 189 cm³/mol. The van der Waals surface area contributed by atoms with E-state index in [1.807, 2.05) is 19.1 Å². The highest BCUT2D eigenvalue weighted by Crippen LogP contribution is 2.66. The molecule has 2 aromatic rings. The first-order valence-corrected chi connectivity index (χ1v) is 18.0. The van der Waals surface area contributed by atoms with Gasteiger partial charge in [0.2, 0.25) is 17.7 Å². The summed E-state index contributed by atoms with van der Waals surface area (Å²) in [7, 11) is 0. The summed E-state index contributed by atoms with van der Waals surface area (Å²) in [4.78, 5) is 44.4. The number of nitrogens with two attached hydrogens (primary N) is 2. The largest absolute Gasteiger partial charge is 0.399 e. The van der Waals surface area contributed by atoms with Crippen molar-refractivity contribution >= 4 is 29.1 Å². The maximum Gasteiger partial charge on any atom is 0.240 e. The molecule has 0 saturated heterocycles. The van der Waals surface area contributed by atoms with E-state index in [-0.39, 0.29) is 39.9 Å². The number of fused-ring (bicyclic) bond motifs is 6. The maximum absolute atomic E-state index is 15.2. The van der Waals surface area contributed by atoms with Gasteiger partial charge in [0.15, 0.2) is 0 Å². The van der Waals surface area contributed by atoms with E-state index >= 15 is 9.59 Å². The van der Waals surface area contributed by atoms with Crippen molar-refractivity contribution in [1.29, 1.82) is 0 Å². The second kappa shape index (κ2) is 11.5. The number of nitrogen functional groups attached to an aromatic ring is 1. The van der Waals surface area contributed by atoms with Gasteiger partial charge in [0.05, 0.1) is 16.9 Å². The summed E-state index contributed by atoms with van der Waals surface area (Å²) in [6.07, 6.45) is 8.95. The smallest absolute Gasteiger partial charge is 0.240 e. The van der Waals surface area contributed by atoms with Crippen molar-refractivity contribution < 1.29 is 14.4 Å². The van der Waals surface area contributed by atoms with Gasteiger partial charge in [-0.15, -0.1) is 0 Å². The van der Waals surface area contributed by atoms with E-state index in [9.17, 15) is 4.79 Å². The van der Waals surface area contributed by atoms with E-state index < -0.39 is 16.9 Å². The van der Waals surface area contributed by atoms with E-state index in [4.69, 9.17) is 11.5 Å². The number of nitrogens with one attached hydrogen (secondary N) is 1. The van der Waals surface area contributed by atoms with Crippen molar-refractivity contribution in [2.24, 2.45) is 27.9 Å². The monoisotopic (exact) mass is 640 g/mol. The van der Waals surface area contributed by atoms with Crippen LogP contribution in [0.5, 0.6) is 0 Å². The standard InChI is InChI=1S/C40H56N4O3/c1-8-44(34(46)37(4)19-9-18-36(3)30-23-28(42)14-11-26(30)13-16-32(36)37)35(47)39(6)21-10-20-38(5)31-24-29(43-33(45)25(2)41)15-12-27(31)17-22-40(38,39)7/h11-12,14-15,23-25,32H,8-10,13,16-22,41-42H2,1-7H3,(H,43,45)/t25-,32+,36+,37-,38+,39+,40+/m0/s1. The van der Waals surface area contributed by atoms with Crippen LogP contribution in [0, 0.1) is 22.2 Å². The number of carbonyl (C=O) groups is 3. The molecule has 0 unspecified atom stereocenters. The van der Waals surface area contributed by atoms with Gasteiger partial charge >= 0.3 is 0 Å². The van der Waals surface area contributed by atoms with E-state index in [0.29, 0.717) is 6.54 Å². The molecule has 2 aromatic carbocycles. The third-order valence-corrected chi connectivity index (χ3v) is 14.2. The first kappa shape index (κ1) is 33.7. The number of hydrogen-bond donors (Lipinski definition) is 3. The van der Waals surface area contributed by atoms with Gasteiger partial charge < -0.3 is 16.8 Å². The van der Waals surface area contributed by atoms with Gasteiger partial charge in [0, 0.05) is 17.9 Å². The zero-order valence-electron chi connectivity index (χ0n) is 29.7. The average Bonchev–Trinajstić information content (AvgIpc) is 3.03. The highest BCUT2D eigenvalue weighted by Gasteiger charge is 2.65. The third kappa shape index (κ3) is 4.81. The molecule has 2 fully saturated rings. The number of rotatable bonds is 5. The Bertz CT molecular complexity index is 1620. The Kier molecular flexibility index (Phi) is 8.22. The lowest BCUT2D eigenvalue weighted by molar-refractivity contribution is -0.173. The molecule has 7 atom stereocenters. The topological polar surface area (TPSA) is 119 Å². The third-order valence-electron chi connectivity index (χ3n) is 14.2. The van der Waals surface area contributed by atoms with Crippen LogP contribution in [0.4, 0.5) is 11.4 Å². The number of benzene rings is 2.